The molecule has 0 amide bonds. The number of nitrogens with zero attached hydrogens (tertiary/aromatic N) is 6. The van der Waals surface area contributed by atoms with Crippen LogP contribution in [0.5, 0.6) is 0 Å². The summed E-state index contributed by atoms with van der Waals surface area (Å²) in [5.41, 5.74) is 0.447. The number of alkyl halides is 3. The second kappa shape index (κ2) is 8.83. The summed E-state index contributed by atoms with van der Waals surface area (Å²) in [5, 5.41) is 3.18. The SMILES string of the molecule is CCc1cc(N2CCCC(Nc3cc(C(F)(F)F)nc(-c4ccncc4)n3)C2)ncn1. The summed E-state index contributed by atoms with van der Waals surface area (Å²) in [7, 11) is 0. The van der Waals surface area contributed by atoms with Crippen molar-refractivity contribution in [2.75, 3.05) is 23.3 Å². The lowest BCUT2D eigenvalue weighted by Gasteiger charge is -2.34. The van der Waals surface area contributed by atoms with Gasteiger partial charge in [-0.15, -0.1) is 0 Å². The molecule has 1 saturated heterocycles. The van der Waals surface area contributed by atoms with Crippen molar-refractivity contribution in [2.45, 2.75) is 38.4 Å². The van der Waals surface area contributed by atoms with Crippen LogP contribution in [0.4, 0.5) is 24.8 Å². The van der Waals surface area contributed by atoms with Gasteiger partial charge in [0.15, 0.2) is 11.5 Å². The van der Waals surface area contributed by atoms with Gasteiger partial charge in [0.2, 0.25) is 0 Å². The van der Waals surface area contributed by atoms with E-state index in [2.05, 4.69) is 35.1 Å². The predicted octanol–water partition coefficient (Wildman–Crippen LogP) is 3.99. The number of aryl methyl sites for hydroxylation is 1. The van der Waals surface area contributed by atoms with Crippen LogP contribution in [-0.2, 0) is 12.6 Å². The first-order valence-electron chi connectivity index (χ1n) is 10.1. The molecule has 1 atom stereocenters. The van der Waals surface area contributed by atoms with E-state index in [1.54, 1.807) is 18.5 Å². The van der Waals surface area contributed by atoms with Crippen LogP contribution in [0.2, 0.25) is 0 Å². The van der Waals surface area contributed by atoms with Gasteiger partial charge < -0.3 is 10.2 Å². The fourth-order valence-electron chi connectivity index (χ4n) is 3.56. The van der Waals surface area contributed by atoms with E-state index < -0.39 is 11.9 Å². The Morgan fingerprint density at radius 1 is 1.13 bits per heavy atom. The molecule has 0 saturated carbocycles. The van der Waals surface area contributed by atoms with E-state index >= 15 is 0 Å². The van der Waals surface area contributed by atoms with Gasteiger partial charge in [-0.25, -0.2) is 19.9 Å². The molecule has 1 fully saturated rings. The quantitative estimate of drug-likeness (QED) is 0.657. The van der Waals surface area contributed by atoms with E-state index in [1.165, 1.54) is 12.4 Å². The molecule has 0 spiro atoms. The molecule has 7 nitrogen and oxygen atoms in total. The second-order valence-electron chi connectivity index (χ2n) is 7.35. The van der Waals surface area contributed by atoms with Gasteiger partial charge in [0.05, 0.1) is 0 Å². The number of hydrogen-bond acceptors (Lipinski definition) is 7. The highest BCUT2D eigenvalue weighted by molar-refractivity contribution is 5.57. The van der Waals surface area contributed by atoms with Crippen molar-refractivity contribution in [2.24, 2.45) is 0 Å². The highest BCUT2D eigenvalue weighted by Gasteiger charge is 2.34. The number of pyridine rings is 1. The zero-order chi connectivity index (χ0) is 21.8. The van der Waals surface area contributed by atoms with Crippen LogP contribution in [0.1, 0.15) is 31.2 Å². The van der Waals surface area contributed by atoms with E-state index in [9.17, 15) is 13.2 Å². The molecule has 4 heterocycles. The zero-order valence-electron chi connectivity index (χ0n) is 17.0. The van der Waals surface area contributed by atoms with Crippen LogP contribution < -0.4 is 10.2 Å². The van der Waals surface area contributed by atoms with Gasteiger partial charge in [0, 0.05) is 54.9 Å². The van der Waals surface area contributed by atoms with E-state index in [0.29, 0.717) is 12.1 Å². The minimum absolute atomic E-state index is 0.00998. The van der Waals surface area contributed by atoms with Crippen LogP contribution in [0, 0.1) is 0 Å². The number of rotatable bonds is 5. The Bertz CT molecular complexity index is 1030. The molecule has 4 rings (SSSR count). The van der Waals surface area contributed by atoms with Crippen LogP contribution in [-0.4, -0.2) is 44.1 Å². The largest absolute Gasteiger partial charge is 0.433 e. The number of anilines is 2. The third kappa shape index (κ3) is 5.07. The van der Waals surface area contributed by atoms with Gasteiger partial charge in [-0.1, -0.05) is 6.92 Å². The summed E-state index contributed by atoms with van der Waals surface area (Å²) in [6.45, 7) is 3.47. The molecule has 1 aliphatic rings. The third-order valence-corrected chi connectivity index (χ3v) is 5.12. The van der Waals surface area contributed by atoms with E-state index in [1.807, 2.05) is 13.0 Å². The Balaban J connectivity index is 1.57. The van der Waals surface area contributed by atoms with E-state index in [-0.39, 0.29) is 17.7 Å². The molecule has 3 aromatic rings. The number of piperidine rings is 1. The molecule has 3 aromatic heterocycles. The lowest BCUT2D eigenvalue weighted by Crippen LogP contribution is -2.42. The maximum Gasteiger partial charge on any atom is 0.433 e. The average molecular weight is 429 g/mol. The summed E-state index contributed by atoms with van der Waals surface area (Å²) in [5.74, 6) is 0.989. The molecule has 1 unspecified atom stereocenters. The third-order valence-electron chi connectivity index (χ3n) is 5.12. The lowest BCUT2D eigenvalue weighted by molar-refractivity contribution is -0.141. The Morgan fingerprint density at radius 2 is 1.94 bits per heavy atom. The van der Waals surface area contributed by atoms with Crippen LogP contribution in [0.25, 0.3) is 11.4 Å². The Labute approximate surface area is 177 Å². The Kier molecular flexibility index (Phi) is 5.97. The summed E-state index contributed by atoms with van der Waals surface area (Å²) < 4.78 is 40.3. The first-order chi connectivity index (χ1) is 14.9. The molecule has 1 aliphatic heterocycles. The first kappa shape index (κ1) is 21.0. The molecule has 162 valence electrons. The van der Waals surface area contributed by atoms with Crippen molar-refractivity contribution >= 4 is 11.6 Å². The number of hydrogen-bond donors (Lipinski definition) is 1. The number of halogens is 3. The lowest BCUT2D eigenvalue weighted by atomic mass is 10.1. The number of nitrogens with one attached hydrogen (secondary N) is 1. The molecule has 10 heteroatoms. The van der Waals surface area contributed by atoms with Gasteiger partial charge in [-0.3, -0.25) is 4.98 Å². The molecule has 1 N–H and O–H groups in total. The van der Waals surface area contributed by atoms with Crippen molar-refractivity contribution < 1.29 is 13.2 Å². The molecule has 0 aliphatic carbocycles. The highest BCUT2D eigenvalue weighted by Crippen LogP contribution is 2.31. The first-order valence-corrected chi connectivity index (χ1v) is 10.1. The van der Waals surface area contributed by atoms with Gasteiger partial charge in [-0.2, -0.15) is 13.2 Å². The minimum atomic E-state index is -4.57. The number of aromatic nitrogens is 5. The molecular formula is C21H22F3N7. The van der Waals surface area contributed by atoms with Gasteiger partial charge >= 0.3 is 6.18 Å². The van der Waals surface area contributed by atoms with E-state index in [0.717, 1.165) is 43.4 Å². The Morgan fingerprint density at radius 3 is 2.68 bits per heavy atom. The van der Waals surface area contributed by atoms with Crippen LogP contribution >= 0.6 is 0 Å². The maximum atomic E-state index is 13.4. The Hall–Kier alpha value is -3.30. The standard InChI is InChI=1S/C21H22F3N7/c1-2-15-10-19(27-13-26-15)31-9-3-4-16(12-31)28-18-11-17(21(22,23)24)29-20(30-18)14-5-7-25-8-6-14/h5-8,10-11,13,16H,2-4,9,12H2,1H3,(H,28,29,30). The fourth-order valence-corrected chi connectivity index (χ4v) is 3.56. The molecule has 0 radical (unpaired) electrons. The normalized spacial score (nSPS) is 16.9. The smallest absolute Gasteiger partial charge is 0.365 e. The highest BCUT2D eigenvalue weighted by atomic mass is 19.4. The molecule has 0 aromatic carbocycles. The van der Waals surface area contributed by atoms with Gasteiger partial charge in [0.1, 0.15) is 18.0 Å². The maximum absolute atomic E-state index is 13.4. The molecular weight excluding hydrogens is 407 g/mol. The zero-order valence-corrected chi connectivity index (χ0v) is 17.0. The minimum Gasteiger partial charge on any atom is -0.365 e. The summed E-state index contributed by atoms with van der Waals surface area (Å²) in [6, 6.07) is 6.01. The fraction of sp³-hybridized carbons (Fsp3) is 0.381. The van der Waals surface area contributed by atoms with Crippen LogP contribution in [0.15, 0.2) is 43.0 Å². The van der Waals surface area contributed by atoms with Crippen LogP contribution in [0.3, 0.4) is 0 Å². The predicted molar refractivity (Wildman–Crippen MR) is 111 cm³/mol. The topological polar surface area (TPSA) is 79.7 Å². The molecule has 31 heavy (non-hydrogen) atoms. The van der Waals surface area contributed by atoms with Crippen molar-refractivity contribution in [3.05, 3.63) is 54.4 Å². The second-order valence-corrected chi connectivity index (χ2v) is 7.35. The van der Waals surface area contributed by atoms with Crippen molar-refractivity contribution in [3.63, 3.8) is 0 Å². The average Bonchev–Trinajstić information content (AvgIpc) is 2.79. The van der Waals surface area contributed by atoms with E-state index in [4.69, 9.17) is 0 Å². The van der Waals surface area contributed by atoms with Gasteiger partial charge in [-0.05, 0) is 31.4 Å². The van der Waals surface area contributed by atoms with Gasteiger partial charge in [0.25, 0.3) is 0 Å². The molecule has 0 bridgehead atoms. The summed E-state index contributed by atoms with van der Waals surface area (Å²) in [6.07, 6.45) is 2.48. The van der Waals surface area contributed by atoms with Crippen molar-refractivity contribution in [1.29, 1.82) is 0 Å². The van der Waals surface area contributed by atoms with Crippen molar-refractivity contribution in [1.82, 2.24) is 24.9 Å². The van der Waals surface area contributed by atoms with Crippen molar-refractivity contribution in [3.8, 4) is 11.4 Å². The monoisotopic (exact) mass is 429 g/mol. The summed E-state index contributed by atoms with van der Waals surface area (Å²) >= 11 is 0. The summed E-state index contributed by atoms with van der Waals surface area (Å²) in [4.78, 5) is 22.7.